The lowest BCUT2D eigenvalue weighted by Gasteiger charge is -2.06. The normalized spacial score (nSPS) is 10.5. The first-order valence-electron chi connectivity index (χ1n) is 5.82. The standard InChI is InChI=1S/C14H15BrN2O/c1-2-7-16-14(18)6-9-17-8-5-11-10-12(15)3-4-13(11)17/h2-5,8,10H,1,6-7,9H2,(H,16,18). The number of hydrogen-bond acceptors (Lipinski definition) is 1. The van der Waals surface area contributed by atoms with Crippen molar-refractivity contribution < 1.29 is 4.79 Å². The third kappa shape index (κ3) is 3.01. The molecule has 4 heteroatoms. The van der Waals surface area contributed by atoms with Crippen LogP contribution in [0.15, 0.2) is 47.6 Å². The highest BCUT2D eigenvalue weighted by Gasteiger charge is 2.04. The minimum atomic E-state index is 0.0499. The first-order chi connectivity index (χ1) is 8.70. The molecule has 0 aliphatic rings. The topological polar surface area (TPSA) is 34.0 Å². The minimum absolute atomic E-state index is 0.0499. The highest BCUT2D eigenvalue weighted by molar-refractivity contribution is 9.10. The molecule has 0 radical (unpaired) electrons. The molecule has 0 fully saturated rings. The van der Waals surface area contributed by atoms with Gasteiger partial charge in [0, 0.05) is 41.1 Å². The molecule has 0 saturated carbocycles. The van der Waals surface area contributed by atoms with Crippen molar-refractivity contribution in [2.24, 2.45) is 0 Å². The van der Waals surface area contributed by atoms with E-state index in [4.69, 9.17) is 0 Å². The van der Waals surface area contributed by atoms with Crippen LogP contribution in [0, 0.1) is 0 Å². The number of rotatable bonds is 5. The summed E-state index contributed by atoms with van der Waals surface area (Å²) in [6, 6.07) is 8.20. The molecule has 2 rings (SSSR count). The van der Waals surface area contributed by atoms with Gasteiger partial charge in [0.25, 0.3) is 0 Å². The summed E-state index contributed by atoms with van der Waals surface area (Å²) in [5, 5.41) is 3.95. The highest BCUT2D eigenvalue weighted by atomic mass is 79.9. The zero-order valence-electron chi connectivity index (χ0n) is 10.0. The van der Waals surface area contributed by atoms with Gasteiger partial charge in [0.05, 0.1) is 0 Å². The number of aromatic nitrogens is 1. The van der Waals surface area contributed by atoms with Crippen molar-refractivity contribution in [1.82, 2.24) is 9.88 Å². The number of carbonyl (C=O) groups excluding carboxylic acids is 1. The highest BCUT2D eigenvalue weighted by Crippen LogP contribution is 2.20. The number of carbonyl (C=O) groups is 1. The summed E-state index contributed by atoms with van der Waals surface area (Å²) in [6.45, 7) is 4.78. The van der Waals surface area contributed by atoms with Crippen LogP contribution in [0.25, 0.3) is 10.9 Å². The van der Waals surface area contributed by atoms with Crippen LogP contribution in [0.5, 0.6) is 0 Å². The smallest absolute Gasteiger partial charge is 0.222 e. The van der Waals surface area contributed by atoms with E-state index >= 15 is 0 Å². The number of aryl methyl sites for hydroxylation is 1. The summed E-state index contributed by atoms with van der Waals surface area (Å²) >= 11 is 3.45. The van der Waals surface area contributed by atoms with Crippen molar-refractivity contribution in [1.29, 1.82) is 0 Å². The Morgan fingerprint density at radius 1 is 1.44 bits per heavy atom. The van der Waals surface area contributed by atoms with E-state index in [1.807, 2.05) is 12.3 Å². The molecule has 0 spiro atoms. The Bertz CT molecular complexity index is 574. The predicted octanol–water partition coefficient (Wildman–Crippen LogP) is 3.10. The van der Waals surface area contributed by atoms with E-state index in [1.54, 1.807) is 6.08 Å². The Labute approximate surface area is 115 Å². The summed E-state index contributed by atoms with van der Waals surface area (Å²) in [4.78, 5) is 11.5. The second kappa shape index (κ2) is 5.87. The van der Waals surface area contributed by atoms with E-state index in [0.29, 0.717) is 19.5 Å². The predicted molar refractivity (Wildman–Crippen MR) is 77.5 cm³/mol. The molecule has 0 aliphatic carbocycles. The van der Waals surface area contributed by atoms with E-state index < -0.39 is 0 Å². The van der Waals surface area contributed by atoms with Crippen molar-refractivity contribution in [2.45, 2.75) is 13.0 Å². The van der Waals surface area contributed by atoms with Gasteiger partial charge in [-0.2, -0.15) is 0 Å². The van der Waals surface area contributed by atoms with Crippen molar-refractivity contribution in [3.8, 4) is 0 Å². The van der Waals surface area contributed by atoms with Gasteiger partial charge in [-0.3, -0.25) is 4.79 Å². The number of fused-ring (bicyclic) bond motifs is 1. The van der Waals surface area contributed by atoms with Crippen LogP contribution >= 0.6 is 15.9 Å². The Hall–Kier alpha value is -1.55. The average molecular weight is 307 g/mol. The summed E-state index contributed by atoms with van der Waals surface area (Å²) in [5.41, 5.74) is 1.15. The molecule has 1 aromatic carbocycles. The second-order valence-corrected chi connectivity index (χ2v) is 4.97. The zero-order chi connectivity index (χ0) is 13.0. The monoisotopic (exact) mass is 306 g/mol. The van der Waals surface area contributed by atoms with Gasteiger partial charge in [0.1, 0.15) is 0 Å². The summed E-state index contributed by atoms with van der Waals surface area (Å²) < 4.78 is 3.16. The van der Waals surface area contributed by atoms with Crippen molar-refractivity contribution in [2.75, 3.05) is 6.54 Å². The zero-order valence-corrected chi connectivity index (χ0v) is 11.6. The van der Waals surface area contributed by atoms with Crippen LogP contribution in [0.4, 0.5) is 0 Å². The maximum Gasteiger partial charge on any atom is 0.222 e. The first kappa shape index (κ1) is 12.9. The quantitative estimate of drug-likeness (QED) is 0.846. The lowest BCUT2D eigenvalue weighted by Crippen LogP contribution is -2.24. The molecule has 0 atom stereocenters. The van der Waals surface area contributed by atoms with Crippen LogP contribution in [-0.2, 0) is 11.3 Å². The molecule has 94 valence electrons. The van der Waals surface area contributed by atoms with E-state index in [9.17, 15) is 4.79 Å². The number of halogens is 1. The van der Waals surface area contributed by atoms with Gasteiger partial charge in [-0.25, -0.2) is 0 Å². The van der Waals surface area contributed by atoms with Gasteiger partial charge in [-0.15, -0.1) is 6.58 Å². The molecule has 3 nitrogen and oxygen atoms in total. The first-order valence-corrected chi connectivity index (χ1v) is 6.62. The maximum atomic E-state index is 11.5. The third-order valence-corrected chi connectivity index (χ3v) is 3.25. The fourth-order valence-corrected chi connectivity index (χ4v) is 2.24. The minimum Gasteiger partial charge on any atom is -0.353 e. The molecule has 1 heterocycles. The van der Waals surface area contributed by atoms with Crippen LogP contribution in [0.1, 0.15) is 6.42 Å². The Kier molecular flexibility index (Phi) is 4.20. The average Bonchev–Trinajstić information content (AvgIpc) is 2.76. The van der Waals surface area contributed by atoms with Gasteiger partial charge >= 0.3 is 0 Å². The van der Waals surface area contributed by atoms with Gasteiger partial charge in [0.2, 0.25) is 5.91 Å². The van der Waals surface area contributed by atoms with Gasteiger partial charge < -0.3 is 9.88 Å². The molecule has 0 bridgehead atoms. The molecule has 0 aliphatic heterocycles. The van der Waals surface area contributed by atoms with E-state index in [-0.39, 0.29) is 5.91 Å². The molecule has 1 amide bonds. The SMILES string of the molecule is C=CCNC(=O)CCn1ccc2cc(Br)ccc21. The maximum absolute atomic E-state index is 11.5. The second-order valence-electron chi connectivity index (χ2n) is 4.06. The van der Waals surface area contributed by atoms with Crippen LogP contribution in [0.2, 0.25) is 0 Å². The van der Waals surface area contributed by atoms with E-state index in [0.717, 1.165) is 9.99 Å². The van der Waals surface area contributed by atoms with Gasteiger partial charge in [0.15, 0.2) is 0 Å². The molecule has 2 aromatic rings. The fraction of sp³-hybridized carbons (Fsp3) is 0.214. The summed E-state index contributed by atoms with van der Waals surface area (Å²) in [6.07, 6.45) is 4.17. The molecule has 0 saturated heterocycles. The Morgan fingerprint density at radius 2 is 2.28 bits per heavy atom. The molecule has 18 heavy (non-hydrogen) atoms. The van der Waals surface area contributed by atoms with Crippen molar-refractivity contribution >= 4 is 32.7 Å². The number of nitrogens with zero attached hydrogens (tertiary/aromatic N) is 1. The lowest BCUT2D eigenvalue weighted by atomic mass is 10.2. The fourth-order valence-electron chi connectivity index (χ4n) is 1.86. The van der Waals surface area contributed by atoms with Crippen LogP contribution in [0.3, 0.4) is 0 Å². The van der Waals surface area contributed by atoms with Crippen LogP contribution in [-0.4, -0.2) is 17.0 Å². The largest absolute Gasteiger partial charge is 0.353 e. The Balaban J connectivity index is 2.04. The van der Waals surface area contributed by atoms with Gasteiger partial charge in [-0.05, 0) is 24.3 Å². The number of nitrogens with one attached hydrogen (secondary N) is 1. The van der Waals surface area contributed by atoms with Crippen molar-refractivity contribution in [3.63, 3.8) is 0 Å². The number of hydrogen-bond donors (Lipinski definition) is 1. The molecule has 1 aromatic heterocycles. The van der Waals surface area contributed by atoms with Crippen LogP contribution < -0.4 is 5.32 Å². The summed E-state index contributed by atoms with van der Waals surface area (Å²) in [7, 11) is 0. The summed E-state index contributed by atoms with van der Waals surface area (Å²) in [5.74, 6) is 0.0499. The lowest BCUT2D eigenvalue weighted by molar-refractivity contribution is -0.121. The molecular formula is C14H15BrN2O. The molecule has 1 N–H and O–H groups in total. The van der Waals surface area contributed by atoms with Crippen molar-refractivity contribution in [3.05, 3.63) is 47.6 Å². The van der Waals surface area contributed by atoms with E-state index in [1.165, 1.54) is 5.39 Å². The third-order valence-electron chi connectivity index (χ3n) is 2.76. The molecule has 0 unspecified atom stereocenters. The van der Waals surface area contributed by atoms with Gasteiger partial charge in [-0.1, -0.05) is 22.0 Å². The van der Waals surface area contributed by atoms with E-state index in [2.05, 4.69) is 50.6 Å². The molecular weight excluding hydrogens is 292 g/mol. The number of amides is 1. The number of benzene rings is 1. The Morgan fingerprint density at radius 3 is 3.06 bits per heavy atom.